The number of aliphatic imine (C=N–C) groups is 1. The third-order valence-corrected chi connectivity index (χ3v) is 2.10. The maximum Gasteiger partial charge on any atom is 0.282 e. The second-order valence-electron chi connectivity index (χ2n) is 3.60. The molecule has 0 amide bonds. The Morgan fingerprint density at radius 2 is 2.31 bits per heavy atom. The van der Waals surface area contributed by atoms with E-state index in [0.29, 0.717) is 19.0 Å². The van der Waals surface area contributed by atoms with Crippen LogP contribution in [-0.4, -0.2) is 50.9 Å². The van der Waals surface area contributed by atoms with Crippen molar-refractivity contribution >= 4 is 6.34 Å². The Kier molecular flexibility index (Phi) is 2.86. The number of aliphatic hydroxyl groups is 3. The summed E-state index contributed by atoms with van der Waals surface area (Å²) in [5.41, 5.74) is 0. The lowest BCUT2D eigenvalue weighted by Gasteiger charge is -2.13. The van der Waals surface area contributed by atoms with E-state index in [1.54, 1.807) is 6.34 Å². The molecule has 8 nitrogen and oxygen atoms in total. The molecule has 2 rings (SSSR count). The summed E-state index contributed by atoms with van der Waals surface area (Å²) in [6.45, 7) is 1.17. The van der Waals surface area contributed by atoms with Crippen LogP contribution in [0, 0.1) is 0 Å². The molecule has 0 saturated carbocycles. The van der Waals surface area contributed by atoms with Gasteiger partial charge >= 0.3 is 0 Å². The Hall–Kier alpha value is -1.51. The molecule has 1 aromatic heterocycles. The molecule has 0 saturated heterocycles. The third kappa shape index (κ3) is 2.75. The van der Waals surface area contributed by atoms with Gasteiger partial charge in [0.05, 0.1) is 25.2 Å². The largest absolute Gasteiger partial charge is 0.376 e. The number of rotatable bonds is 3. The fraction of sp³-hybridized carbons (Fsp3) is 0.625. The zero-order valence-corrected chi connectivity index (χ0v) is 8.37. The summed E-state index contributed by atoms with van der Waals surface area (Å²) < 4.78 is 4.94. The molecule has 4 N–H and O–H groups in total. The maximum atomic E-state index is 8.74. The van der Waals surface area contributed by atoms with Crippen LogP contribution in [0.4, 0.5) is 0 Å². The van der Waals surface area contributed by atoms with Crippen LogP contribution < -0.4 is 5.32 Å². The molecule has 0 bridgehead atoms. The van der Waals surface area contributed by atoms with Crippen molar-refractivity contribution in [3.63, 3.8) is 0 Å². The lowest BCUT2D eigenvalue weighted by atomic mass is 10.1. The average molecular weight is 228 g/mol. The molecular formula is C8H12N4O4. The quantitative estimate of drug-likeness (QED) is 0.439. The molecule has 1 atom stereocenters. The maximum absolute atomic E-state index is 8.74. The van der Waals surface area contributed by atoms with Crippen LogP contribution in [0.5, 0.6) is 0 Å². The molecule has 0 spiro atoms. The Balaban J connectivity index is 2.04. The smallest absolute Gasteiger partial charge is 0.282 e. The van der Waals surface area contributed by atoms with Crippen molar-refractivity contribution in [2.24, 2.45) is 4.99 Å². The minimum absolute atomic E-state index is 0.0308. The second kappa shape index (κ2) is 4.16. The molecule has 2 heterocycles. The van der Waals surface area contributed by atoms with Crippen LogP contribution in [-0.2, 0) is 6.42 Å². The number of hydrogen-bond donors (Lipinski definition) is 4. The van der Waals surface area contributed by atoms with Gasteiger partial charge in [0, 0.05) is 6.54 Å². The summed E-state index contributed by atoms with van der Waals surface area (Å²) in [4.78, 5) is 7.95. The highest BCUT2D eigenvalue weighted by atomic mass is 16.7. The Morgan fingerprint density at radius 1 is 1.50 bits per heavy atom. The van der Waals surface area contributed by atoms with Crippen LogP contribution in [0.15, 0.2) is 9.52 Å². The molecule has 16 heavy (non-hydrogen) atoms. The number of hydrogen-bond acceptors (Lipinski definition) is 8. The van der Waals surface area contributed by atoms with Crippen LogP contribution in [0.3, 0.4) is 0 Å². The molecule has 88 valence electrons. The van der Waals surface area contributed by atoms with Gasteiger partial charge in [-0.25, -0.2) is 0 Å². The first-order valence-corrected chi connectivity index (χ1v) is 4.76. The fourth-order valence-corrected chi connectivity index (χ4v) is 1.39. The Morgan fingerprint density at radius 3 is 2.94 bits per heavy atom. The Labute approximate surface area is 90.6 Å². The van der Waals surface area contributed by atoms with Gasteiger partial charge in [-0.3, -0.25) is 4.99 Å². The van der Waals surface area contributed by atoms with Gasteiger partial charge in [-0.2, -0.15) is 4.98 Å². The highest BCUT2D eigenvalue weighted by molar-refractivity contribution is 5.55. The topological polar surface area (TPSA) is 124 Å². The zero-order chi connectivity index (χ0) is 11.6. The van der Waals surface area contributed by atoms with Crippen molar-refractivity contribution in [3.8, 4) is 0 Å². The van der Waals surface area contributed by atoms with Crippen molar-refractivity contribution in [2.45, 2.75) is 18.3 Å². The first-order chi connectivity index (χ1) is 7.54. The number of nitrogens with one attached hydrogen (secondary N) is 1. The minimum Gasteiger partial charge on any atom is -0.376 e. The van der Waals surface area contributed by atoms with Gasteiger partial charge < -0.3 is 25.2 Å². The summed E-state index contributed by atoms with van der Waals surface area (Å²) in [6, 6.07) is 0. The predicted molar refractivity (Wildman–Crippen MR) is 51.5 cm³/mol. The minimum atomic E-state index is -2.82. The van der Waals surface area contributed by atoms with E-state index in [2.05, 4.69) is 20.4 Å². The number of aromatic nitrogens is 2. The summed E-state index contributed by atoms with van der Waals surface area (Å²) >= 11 is 0. The van der Waals surface area contributed by atoms with Gasteiger partial charge in [0.2, 0.25) is 5.89 Å². The van der Waals surface area contributed by atoms with Gasteiger partial charge in [-0.05, 0) is 0 Å². The van der Waals surface area contributed by atoms with Crippen molar-refractivity contribution in [3.05, 3.63) is 11.7 Å². The normalized spacial score (nSPS) is 20.8. The SMILES string of the molecule is OC(O)(O)Cc1noc(C2CN=CNC2)n1. The van der Waals surface area contributed by atoms with E-state index in [-0.39, 0.29) is 11.7 Å². The Bertz CT molecular complexity index is 384. The first kappa shape index (κ1) is 11.0. The second-order valence-corrected chi connectivity index (χ2v) is 3.60. The third-order valence-electron chi connectivity index (χ3n) is 2.10. The van der Waals surface area contributed by atoms with Crippen molar-refractivity contribution < 1.29 is 19.8 Å². The van der Waals surface area contributed by atoms with Crippen molar-refractivity contribution in [2.75, 3.05) is 13.1 Å². The van der Waals surface area contributed by atoms with E-state index in [4.69, 9.17) is 19.8 Å². The lowest BCUT2D eigenvalue weighted by molar-refractivity contribution is -0.310. The van der Waals surface area contributed by atoms with Crippen LogP contribution in [0.1, 0.15) is 17.6 Å². The van der Waals surface area contributed by atoms with Crippen molar-refractivity contribution in [1.82, 2.24) is 15.5 Å². The number of nitrogens with zero attached hydrogens (tertiary/aromatic N) is 3. The summed E-state index contributed by atoms with van der Waals surface area (Å²) in [6.07, 6.45) is 1.11. The van der Waals surface area contributed by atoms with Gasteiger partial charge in [0.1, 0.15) is 0 Å². The van der Waals surface area contributed by atoms with Crippen LogP contribution >= 0.6 is 0 Å². The van der Waals surface area contributed by atoms with Crippen molar-refractivity contribution in [1.29, 1.82) is 0 Å². The van der Waals surface area contributed by atoms with Crippen LogP contribution in [0.2, 0.25) is 0 Å². The molecule has 1 unspecified atom stereocenters. The molecule has 0 fully saturated rings. The van der Waals surface area contributed by atoms with Crippen LogP contribution in [0.25, 0.3) is 0 Å². The monoisotopic (exact) mass is 228 g/mol. The molecule has 1 aromatic rings. The highest BCUT2D eigenvalue weighted by Gasteiger charge is 2.25. The summed E-state index contributed by atoms with van der Waals surface area (Å²) in [5, 5.41) is 32.7. The predicted octanol–water partition coefficient (Wildman–Crippen LogP) is -2.04. The lowest BCUT2D eigenvalue weighted by Crippen LogP contribution is -2.30. The zero-order valence-electron chi connectivity index (χ0n) is 8.37. The highest BCUT2D eigenvalue weighted by Crippen LogP contribution is 2.15. The molecule has 1 aliphatic rings. The van der Waals surface area contributed by atoms with Gasteiger partial charge in [-0.15, -0.1) is 0 Å². The summed E-state index contributed by atoms with van der Waals surface area (Å²) in [5.74, 6) is -2.44. The molecule has 8 heteroatoms. The molecule has 0 aliphatic carbocycles. The standard InChI is InChI=1S/C8H12N4O4/c13-8(14,15)1-6-11-7(16-12-6)5-2-9-4-10-3-5/h4-5,13-15H,1-3H2,(H,9,10). The molecule has 1 aliphatic heterocycles. The van der Waals surface area contributed by atoms with Gasteiger partial charge in [0.25, 0.3) is 5.97 Å². The van der Waals surface area contributed by atoms with E-state index >= 15 is 0 Å². The average Bonchev–Trinajstić information content (AvgIpc) is 2.65. The van der Waals surface area contributed by atoms with E-state index < -0.39 is 12.4 Å². The van der Waals surface area contributed by atoms with E-state index in [9.17, 15) is 0 Å². The summed E-state index contributed by atoms with van der Waals surface area (Å²) in [7, 11) is 0. The van der Waals surface area contributed by atoms with E-state index in [0.717, 1.165) is 0 Å². The molecule has 0 radical (unpaired) electrons. The van der Waals surface area contributed by atoms with E-state index in [1.807, 2.05) is 0 Å². The molecule has 0 aromatic carbocycles. The van der Waals surface area contributed by atoms with Gasteiger partial charge in [-0.1, -0.05) is 5.16 Å². The van der Waals surface area contributed by atoms with Gasteiger partial charge in [0.15, 0.2) is 5.82 Å². The van der Waals surface area contributed by atoms with E-state index in [1.165, 1.54) is 0 Å². The molecular weight excluding hydrogens is 216 g/mol. The first-order valence-electron chi connectivity index (χ1n) is 4.76. The fourth-order valence-electron chi connectivity index (χ4n) is 1.39.